The molecule has 1 fully saturated rings. The van der Waals surface area contributed by atoms with E-state index in [9.17, 15) is 14.4 Å². The first-order chi connectivity index (χ1) is 8.87. The monoisotopic (exact) mass is 268 g/mol. The molecule has 1 heterocycles. The van der Waals surface area contributed by atoms with Crippen LogP contribution >= 0.6 is 0 Å². The van der Waals surface area contributed by atoms with Crippen LogP contribution in [0.5, 0.6) is 5.75 Å². The van der Waals surface area contributed by atoms with Crippen molar-refractivity contribution in [2.75, 3.05) is 6.61 Å². The highest BCUT2D eigenvalue weighted by atomic mass is 19.1. The van der Waals surface area contributed by atoms with E-state index in [1.165, 1.54) is 12.1 Å². The van der Waals surface area contributed by atoms with Gasteiger partial charge in [0.05, 0.1) is 11.7 Å². The second-order valence-corrected chi connectivity index (χ2v) is 5.41. The summed E-state index contributed by atoms with van der Waals surface area (Å²) >= 11 is 0. The number of rotatable bonds is 4. The van der Waals surface area contributed by atoms with Crippen molar-refractivity contribution >= 4 is 12.6 Å². The van der Waals surface area contributed by atoms with E-state index in [1.54, 1.807) is 0 Å². The van der Waals surface area contributed by atoms with E-state index in [0.29, 0.717) is 6.61 Å². The quantitative estimate of drug-likeness (QED) is 0.794. The third-order valence-electron chi connectivity index (χ3n) is 3.23. The fourth-order valence-corrected chi connectivity index (χ4v) is 2.23. The molecule has 1 aliphatic heterocycles. The fourth-order valence-electron chi connectivity index (χ4n) is 2.23. The Balaban J connectivity index is 2.00. The zero-order valence-corrected chi connectivity index (χ0v) is 11.1. The van der Waals surface area contributed by atoms with Crippen molar-refractivity contribution < 1.29 is 23.9 Å². The summed E-state index contributed by atoms with van der Waals surface area (Å²) in [5, 5.41) is 18.4. The first kappa shape index (κ1) is 14.3. The van der Waals surface area contributed by atoms with Crippen molar-refractivity contribution in [2.45, 2.75) is 38.4 Å². The van der Waals surface area contributed by atoms with Gasteiger partial charge in [-0.1, -0.05) is 0 Å². The van der Waals surface area contributed by atoms with Crippen LogP contribution in [0, 0.1) is 5.82 Å². The summed E-state index contributed by atoms with van der Waals surface area (Å²) in [5.41, 5.74) is -0.117. The van der Waals surface area contributed by atoms with Gasteiger partial charge in [0.2, 0.25) is 0 Å². The van der Waals surface area contributed by atoms with E-state index in [-0.39, 0.29) is 22.9 Å². The minimum atomic E-state index is -1.76. The molecule has 0 spiro atoms. The van der Waals surface area contributed by atoms with Crippen LogP contribution in [0.2, 0.25) is 0 Å². The van der Waals surface area contributed by atoms with Crippen molar-refractivity contribution in [1.29, 1.82) is 0 Å². The van der Waals surface area contributed by atoms with Crippen LogP contribution in [0.1, 0.15) is 26.7 Å². The van der Waals surface area contributed by atoms with Crippen LogP contribution in [0.3, 0.4) is 0 Å². The molecule has 6 heteroatoms. The molecule has 19 heavy (non-hydrogen) atoms. The molecule has 1 atom stereocenters. The molecule has 4 nitrogen and oxygen atoms in total. The van der Waals surface area contributed by atoms with Crippen molar-refractivity contribution in [3.05, 3.63) is 24.0 Å². The van der Waals surface area contributed by atoms with Crippen molar-refractivity contribution in [3.63, 3.8) is 0 Å². The van der Waals surface area contributed by atoms with Gasteiger partial charge >= 0.3 is 7.12 Å². The van der Waals surface area contributed by atoms with Gasteiger partial charge in [-0.05, 0) is 44.9 Å². The Bertz CT molecular complexity index is 450. The average Bonchev–Trinajstić information content (AvgIpc) is 2.67. The predicted molar refractivity (Wildman–Crippen MR) is 69.9 cm³/mol. The number of hydrogen-bond acceptors (Lipinski definition) is 4. The van der Waals surface area contributed by atoms with E-state index in [2.05, 4.69) is 0 Å². The highest BCUT2D eigenvalue weighted by Crippen LogP contribution is 2.29. The van der Waals surface area contributed by atoms with Crippen molar-refractivity contribution in [2.24, 2.45) is 0 Å². The van der Waals surface area contributed by atoms with Gasteiger partial charge in [-0.2, -0.15) is 0 Å². The molecular weight excluding hydrogens is 250 g/mol. The summed E-state index contributed by atoms with van der Waals surface area (Å²) in [7, 11) is -1.76. The topological polar surface area (TPSA) is 58.9 Å². The van der Waals surface area contributed by atoms with Crippen molar-refractivity contribution in [3.8, 4) is 5.75 Å². The molecule has 2 N–H and O–H groups in total. The number of ether oxygens (including phenoxy) is 2. The summed E-state index contributed by atoms with van der Waals surface area (Å²) in [4.78, 5) is 0. The highest BCUT2D eigenvalue weighted by molar-refractivity contribution is 6.59. The molecule has 1 aliphatic rings. The Hall–Kier alpha value is -1.11. The number of hydrogen-bond donors (Lipinski definition) is 2. The van der Waals surface area contributed by atoms with Crippen molar-refractivity contribution in [1.82, 2.24) is 0 Å². The summed E-state index contributed by atoms with van der Waals surface area (Å²) in [6.45, 7) is 4.36. The van der Waals surface area contributed by atoms with Crippen LogP contribution in [0.15, 0.2) is 18.2 Å². The maximum Gasteiger partial charge on any atom is 0.492 e. The molecule has 1 aromatic carbocycles. The minimum Gasteiger partial charge on any atom is -0.491 e. The molecule has 2 rings (SSSR count). The normalized spacial score (nSPS) is 21.4. The molecule has 0 bridgehead atoms. The molecule has 0 radical (unpaired) electrons. The molecular formula is C13H18BFO4. The van der Waals surface area contributed by atoms with Gasteiger partial charge in [-0.3, -0.25) is 0 Å². The smallest absolute Gasteiger partial charge is 0.491 e. The second kappa shape index (κ2) is 5.49. The lowest BCUT2D eigenvalue weighted by atomic mass is 9.79. The van der Waals surface area contributed by atoms with Crippen LogP contribution in [0.25, 0.3) is 0 Å². The largest absolute Gasteiger partial charge is 0.492 e. The third kappa shape index (κ3) is 3.68. The fraction of sp³-hybridized carbons (Fsp3) is 0.538. The Morgan fingerprint density at radius 1 is 1.47 bits per heavy atom. The zero-order chi connectivity index (χ0) is 14.0. The Labute approximate surface area is 112 Å². The Kier molecular flexibility index (Phi) is 4.13. The first-order valence-corrected chi connectivity index (χ1v) is 6.33. The molecule has 0 amide bonds. The highest BCUT2D eigenvalue weighted by Gasteiger charge is 2.32. The zero-order valence-electron chi connectivity index (χ0n) is 11.1. The molecule has 1 aromatic rings. The molecule has 0 aliphatic carbocycles. The molecule has 1 saturated heterocycles. The lowest BCUT2D eigenvalue weighted by molar-refractivity contribution is -0.0325. The lowest BCUT2D eigenvalue weighted by Gasteiger charge is -2.20. The van der Waals surface area contributed by atoms with Crippen LogP contribution in [0.4, 0.5) is 4.39 Å². The maximum absolute atomic E-state index is 13.0. The summed E-state index contributed by atoms with van der Waals surface area (Å²) in [6.07, 6.45) is 1.83. The Morgan fingerprint density at radius 3 is 2.79 bits per heavy atom. The van der Waals surface area contributed by atoms with E-state index in [1.807, 2.05) is 13.8 Å². The van der Waals surface area contributed by atoms with Gasteiger partial charge in [0.15, 0.2) is 0 Å². The Morgan fingerprint density at radius 2 is 2.21 bits per heavy atom. The second-order valence-electron chi connectivity index (χ2n) is 5.41. The molecule has 0 aromatic heterocycles. The SMILES string of the molecule is CC1(C)CCC(COc2ccc(F)cc2B(O)O)O1. The van der Waals surface area contributed by atoms with E-state index in [4.69, 9.17) is 9.47 Å². The summed E-state index contributed by atoms with van der Waals surface area (Å²) < 4.78 is 24.3. The van der Waals surface area contributed by atoms with Gasteiger partial charge < -0.3 is 19.5 Å². The van der Waals surface area contributed by atoms with Gasteiger partial charge in [0.1, 0.15) is 18.2 Å². The van der Waals surface area contributed by atoms with E-state index in [0.717, 1.165) is 18.9 Å². The van der Waals surface area contributed by atoms with E-state index < -0.39 is 12.9 Å². The molecule has 104 valence electrons. The maximum atomic E-state index is 13.0. The van der Waals surface area contributed by atoms with Crippen LogP contribution in [-0.2, 0) is 4.74 Å². The summed E-state index contributed by atoms with van der Waals surface area (Å²) in [5.74, 6) is -0.265. The predicted octanol–water partition coefficient (Wildman–Crippen LogP) is 0.842. The lowest BCUT2D eigenvalue weighted by Crippen LogP contribution is -2.33. The van der Waals surface area contributed by atoms with E-state index >= 15 is 0 Å². The standard InChI is InChI=1S/C13H18BFO4/c1-13(2)6-5-10(19-13)8-18-12-4-3-9(15)7-11(12)14(16)17/h3-4,7,10,16-17H,5-6,8H2,1-2H3. The van der Waals surface area contributed by atoms with Gasteiger partial charge in [0, 0.05) is 5.46 Å². The summed E-state index contributed by atoms with van der Waals surface area (Å²) in [6, 6.07) is 3.67. The van der Waals surface area contributed by atoms with Crippen LogP contribution < -0.4 is 10.2 Å². The number of benzene rings is 1. The molecule has 0 saturated carbocycles. The van der Waals surface area contributed by atoms with Gasteiger partial charge in [-0.15, -0.1) is 0 Å². The third-order valence-corrected chi connectivity index (χ3v) is 3.23. The van der Waals surface area contributed by atoms with Crippen LogP contribution in [-0.4, -0.2) is 35.5 Å². The average molecular weight is 268 g/mol. The van der Waals surface area contributed by atoms with Gasteiger partial charge in [-0.25, -0.2) is 4.39 Å². The molecule has 1 unspecified atom stereocenters. The first-order valence-electron chi connectivity index (χ1n) is 6.33. The number of halogens is 1. The minimum absolute atomic E-state index is 0.0243. The van der Waals surface area contributed by atoms with Gasteiger partial charge in [0.25, 0.3) is 0 Å².